The van der Waals surface area contributed by atoms with Gasteiger partial charge in [0.15, 0.2) is 11.8 Å². The molecule has 1 atom stereocenters. The van der Waals surface area contributed by atoms with Gasteiger partial charge in [0.2, 0.25) is 0 Å². The number of aromatic hydroxyl groups is 2. The Bertz CT molecular complexity index is 1290. The molecular formula is C33H42N2O5. The van der Waals surface area contributed by atoms with Crippen LogP contribution >= 0.6 is 0 Å². The Morgan fingerprint density at radius 2 is 1.82 bits per heavy atom. The summed E-state index contributed by atoms with van der Waals surface area (Å²) in [5.74, 6) is 0.889. The number of carbonyl (C=O) groups is 1. The Hall–Kier alpha value is -3.45. The van der Waals surface area contributed by atoms with Gasteiger partial charge in [0.1, 0.15) is 5.75 Å². The van der Waals surface area contributed by atoms with Crippen LogP contribution < -0.4 is 4.74 Å². The fraction of sp³-hybridized carbons (Fsp3) is 0.485. The summed E-state index contributed by atoms with van der Waals surface area (Å²) >= 11 is 0. The van der Waals surface area contributed by atoms with Crippen LogP contribution in [-0.4, -0.2) is 43.9 Å². The summed E-state index contributed by atoms with van der Waals surface area (Å²) in [5.41, 5.74) is 5.88. The van der Waals surface area contributed by atoms with Crippen LogP contribution in [0.3, 0.4) is 0 Å². The van der Waals surface area contributed by atoms with Crippen LogP contribution in [0.2, 0.25) is 0 Å². The van der Waals surface area contributed by atoms with Gasteiger partial charge in [-0.05, 0) is 72.4 Å². The summed E-state index contributed by atoms with van der Waals surface area (Å²) in [6.07, 6.45) is 8.80. The van der Waals surface area contributed by atoms with Crippen LogP contribution in [0.4, 0.5) is 0 Å². The summed E-state index contributed by atoms with van der Waals surface area (Å²) < 4.78 is 7.24. The van der Waals surface area contributed by atoms with Crippen molar-refractivity contribution in [1.29, 1.82) is 0 Å². The maximum absolute atomic E-state index is 12.1. The van der Waals surface area contributed by atoms with Crippen molar-refractivity contribution in [2.45, 2.75) is 83.8 Å². The van der Waals surface area contributed by atoms with Gasteiger partial charge in [-0.15, -0.1) is 0 Å². The number of nitrogens with zero attached hydrogens (tertiary/aromatic N) is 2. The van der Waals surface area contributed by atoms with E-state index in [1.54, 1.807) is 0 Å². The normalized spacial score (nSPS) is 16.1. The summed E-state index contributed by atoms with van der Waals surface area (Å²) in [7, 11) is 0. The molecule has 1 aromatic heterocycles. The molecule has 3 aromatic rings. The number of hydrogen-bond acceptors (Lipinski definition) is 5. The van der Waals surface area contributed by atoms with E-state index in [9.17, 15) is 20.1 Å². The van der Waals surface area contributed by atoms with E-state index < -0.39 is 5.97 Å². The van der Waals surface area contributed by atoms with Gasteiger partial charge in [-0.25, -0.2) is 0 Å². The molecule has 1 aliphatic heterocycles. The first-order chi connectivity index (χ1) is 19.4. The predicted molar refractivity (Wildman–Crippen MR) is 155 cm³/mol. The lowest BCUT2D eigenvalue weighted by Gasteiger charge is -2.36. The van der Waals surface area contributed by atoms with Crippen molar-refractivity contribution in [1.82, 2.24) is 9.47 Å². The molecule has 40 heavy (non-hydrogen) atoms. The molecule has 0 spiro atoms. The minimum atomic E-state index is -0.776. The van der Waals surface area contributed by atoms with Gasteiger partial charge in [-0.2, -0.15) is 0 Å². The van der Waals surface area contributed by atoms with Gasteiger partial charge in [0.05, 0.1) is 13.0 Å². The second kappa shape index (κ2) is 12.8. The van der Waals surface area contributed by atoms with E-state index in [1.165, 1.54) is 71.1 Å². The highest BCUT2D eigenvalue weighted by Gasteiger charge is 2.28. The first-order valence-corrected chi connectivity index (χ1v) is 14.7. The number of benzene rings is 2. The molecule has 1 saturated carbocycles. The van der Waals surface area contributed by atoms with Crippen molar-refractivity contribution in [2.75, 3.05) is 13.2 Å². The molecule has 0 bridgehead atoms. The lowest BCUT2D eigenvalue weighted by molar-refractivity contribution is -0.138. The monoisotopic (exact) mass is 546 g/mol. The van der Waals surface area contributed by atoms with Crippen molar-refractivity contribution in [3.63, 3.8) is 0 Å². The minimum absolute atomic E-state index is 0.0719. The topological polar surface area (TPSA) is 95.2 Å². The molecule has 5 rings (SSSR count). The highest BCUT2D eigenvalue weighted by Crippen LogP contribution is 2.35. The third kappa shape index (κ3) is 6.81. The molecule has 214 valence electrons. The summed E-state index contributed by atoms with van der Waals surface area (Å²) in [4.78, 5) is 14.5. The van der Waals surface area contributed by atoms with Crippen molar-refractivity contribution in [3.05, 3.63) is 76.3 Å². The van der Waals surface area contributed by atoms with E-state index in [2.05, 4.69) is 42.2 Å². The molecule has 1 unspecified atom stereocenters. The lowest BCUT2D eigenvalue weighted by Crippen LogP contribution is -2.35. The van der Waals surface area contributed by atoms with Gasteiger partial charge in [-0.3, -0.25) is 14.3 Å². The first kappa shape index (κ1) is 28.1. The highest BCUT2D eigenvalue weighted by molar-refractivity contribution is 5.68. The molecule has 0 amide bonds. The largest absolute Gasteiger partial charge is 0.494 e. The summed E-state index contributed by atoms with van der Waals surface area (Å²) in [6.45, 7) is 4.96. The number of aromatic nitrogens is 1. The first-order valence-electron chi connectivity index (χ1n) is 14.7. The second-order valence-corrected chi connectivity index (χ2v) is 11.6. The number of hydrogen-bond donors (Lipinski definition) is 3. The smallest absolute Gasteiger partial charge is 0.305 e. The predicted octanol–water partition coefficient (Wildman–Crippen LogP) is 6.37. The maximum Gasteiger partial charge on any atom is 0.305 e. The maximum atomic E-state index is 12.1. The fourth-order valence-corrected chi connectivity index (χ4v) is 6.51. The van der Waals surface area contributed by atoms with E-state index in [0.29, 0.717) is 25.6 Å². The number of rotatable bonds is 12. The number of fused-ring (bicyclic) bond motifs is 1. The van der Waals surface area contributed by atoms with E-state index in [4.69, 9.17) is 4.74 Å². The molecule has 1 aliphatic carbocycles. The Kier molecular flexibility index (Phi) is 9.00. The van der Waals surface area contributed by atoms with E-state index in [0.717, 1.165) is 37.1 Å². The molecule has 2 heterocycles. The van der Waals surface area contributed by atoms with Gasteiger partial charge >= 0.3 is 5.97 Å². The van der Waals surface area contributed by atoms with E-state index in [1.807, 2.05) is 6.07 Å². The third-order valence-electron chi connectivity index (χ3n) is 8.68. The van der Waals surface area contributed by atoms with Crippen LogP contribution in [0.5, 0.6) is 17.5 Å². The fourth-order valence-electron chi connectivity index (χ4n) is 6.51. The van der Waals surface area contributed by atoms with Gasteiger partial charge in [0.25, 0.3) is 0 Å². The molecule has 2 aromatic carbocycles. The van der Waals surface area contributed by atoms with Crippen molar-refractivity contribution in [2.24, 2.45) is 5.92 Å². The number of carboxylic acid groups (broad SMARTS) is 1. The van der Waals surface area contributed by atoms with Crippen LogP contribution in [-0.2, 0) is 30.7 Å². The summed E-state index contributed by atoms with van der Waals surface area (Å²) in [5, 5.41) is 29.7. The number of carboxylic acids is 1. The minimum Gasteiger partial charge on any atom is -0.494 e. The number of aryl methyl sites for hydroxylation is 2. The molecule has 7 heteroatoms. The van der Waals surface area contributed by atoms with Crippen LogP contribution in [0, 0.1) is 12.8 Å². The molecule has 0 saturated heterocycles. The molecule has 2 aliphatic rings. The standard InChI is InChI=1S/C33H42N2O5/c1-23-18-25(9-10-26(23)8-5-16-35-31(36)13-14-32(35)37)22-34(21-24-6-3-2-4-7-24)29(20-33(38)39)27-11-12-30-28(19-27)15-17-40-30/h9-14,18-19,24,29,36-37H,2-8,15-17,20-22H2,1H3,(H,38,39). The van der Waals surface area contributed by atoms with Gasteiger partial charge in [0, 0.05) is 44.2 Å². The number of aliphatic carboxylic acids is 1. The zero-order valence-electron chi connectivity index (χ0n) is 23.5. The van der Waals surface area contributed by atoms with Crippen molar-refractivity contribution in [3.8, 4) is 17.5 Å². The molecule has 0 radical (unpaired) electrons. The highest BCUT2D eigenvalue weighted by atomic mass is 16.5. The van der Waals surface area contributed by atoms with Crippen LogP contribution in [0.1, 0.15) is 78.8 Å². The van der Waals surface area contributed by atoms with E-state index in [-0.39, 0.29) is 24.2 Å². The van der Waals surface area contributed by atoms with Crippen LogP contribution in [0.25, 0.3) is 0 Å². The van der Waals surface area contributed by atoms with Gasteiger partial charge in [-0.1, -0.05) is 49.6 Å². The Balaban J connectivity index is 1.34. The van der Waals surface area contributed by atoms with Gasteiger partial charge < -0.3 is 20.1 Å². The SMILES string of the molecule is Cc1cc(CN(CC2CCCCC2)C(CC(=O)O)c2ccc3c(c2)CCO3)ccc1CCCn1c(O)ccc1O. The summed E-state index contributed by atoms with van der Waals surface area (Å²) in [6, 6.07) is 15.6. The average molecular weight is 547 g/mol. The Labute approximate surface area is 237 Å². The zero-order chi connectivity index (χ0) is 28.1. The molecule has 1 fully saturated rings. The van der Waals surface area contributed by atoms with E-state index >= 15 is 0 Å². The quantitative estimate of drug-likeness (QED) is 0.244. The lowest BCUT2D eigenvalue weighted by atomic mass is 9.87. The molecule has 3 N–H and O–H groups in total. The Morgan fingerprint density at radius 3 is 2.55 bits per heavy atom. The number of ether oxygens (including phenoxy) is 1. The Morgan fingerprint density at radius 1 is 1.05 bits per heavy atom. The molecular weight excluding hydrogens is 504 g/mol. The molecule has 7 nitrogen and oxygen atoms in total. The van der Waals surface area contributed by atoms with Crippen molar-refractivity contribution >= 4 is 5.97 Å². The average Bonchev–Trinajstić information content (AvgIpc) is 3.54. The third-order valence-corrected chi connectivity index (χ3v) is 8.68. The second-order valence-electron chi connectivity index (χ2n) is 11.6. The zero-order valence-corrected chi connectivity index (χ0v) is 23.5. The van der Waals surface area contributed by atoms with Crippen LogP contribution in [0.15, 0.2) is 48.5 Å². The van der Waals surface area contributed by atoms with Crippen molar-refractivity contribution < 1.29 is 24.9 Å².